The average Bonchev–Trinajstić information content (AvgIpc) is 3.10. The molecule has 1 aromatic heterocycles. The first kappa shape index (κ1) is 25.2. The summed E-state index contributed by atoms with van der Waals surface area (Å²) in [6.45, 7) is 8.31. The summed E-state index contributed by atoms with van der Waals surface area (Å²) in [5.74, 6) is 0.334. The third-order valence-electron chi connectivity index (χ3n) is 5.75. The van der Waals surface area contributed by atoms with Gasteiger partial charge in [0.1, 0.15) is 11.4 Å². The second-order valence-electron chi connectivity index (χ2n) is 8.00. The second kappa shape index (κ2) is 11.1. The lowest BCUT2D eigenvalue weighted by Gasteiger charge is -2.24. The van der Waals surface area contributed by atoms with Crippen molar-refractivity contribution in [3.63, 3.8) is 0 Å². The Kier molecular flexibility index (Phi) is 8.23. The predicted octanol–water partition coefficient (Wildman–Crippen LogP) is 6.01. The molecule has 7 nitrogen and oxygen atoms in total. The summed E-state index contributed by atoms with van der Waals surface area (Å²) < 4.78 is 10.4. The molecule has 0 unspecified atom stereocenters. The van der Waals surface area contributed by atoms with Crippen LogP contribution in [0.1, 0.15) is 45.4 Å². The van der Waals surface area contributed by atoms with Crippen LogP contribution in [0.3, 0.4) is 0 Å². The van der Waals surface area contributed by atoms with Crippen molar-refractivity contribution in [2.75, 3.05) is 19.0 Å². The molecule has 2 amide bonds. The highest BCUT2D eigenvalue weighted by molar-refractivity contribution is 6.31. The van der Waals surface area contributed by atoms with Crippen LogP contribution in [0.5, 0.6) is 5.75 Å². The highest BCUT2D eigenvalue weighted by atomic mass is 35.5. The molecule has 180 valence electrons. The lowest BCUT2D eigenvalue weighted by atomic mass is 10.1. The van der Waals surface area contributed by atoms with Gasteiger partial charge in [-0.15, -0.1) is 0 Å². The normalized spacial score (nSPS) is 10.6. The number of esters is 1. The van der Waals surface area contributed by atoms with Crippen LogP contribution >= 0.6 is 11.6 Å². The van der Waals surface area contributed by atoms with Crippen LogP contribution < -0.4 is 10.1 Å². The van der Waals surface area contributed by atoms with Crippen LogP contribution in [0.2, 0.25) is 5.02 Å². The largest absolute Gasteiger partial charge is 0.497 e. The maximum atomic E-state index is 13.4. The van der Waals surface area contributed by atoms with Gasteiger partial charge >= 0.3 is 12.0 Å². The number of aromatic amines is 1. The quantitative estimate of drug-likeness (QED) is 0.384. The summed E-state index contributed by atoms with van der Waals surface area (Å²) in [6.07, 6.45) is 0. The van der Waals surface area contributed by atoms with Crippen molar-refractivity contribution in [1.29, 1.82) is 0 Å². The average molecular weight is 484 g/mol. The third-order valence-corrected chi connectivity index (χ3v) is 6.16. The van der Waals surface area contributed by atoms with Gasteiger partial charge in [-0.1, -0.05) is 29.8 Å². The molecule has 0 radical (unpaired) electrons. The van der Waals surface area contributed by atoms with E-state index >= 15 is 0 Å². The van der Waals surface area contributed by atoms with E-state index in [1.165, 1.54) is 0 Å². The van der Waals surface area contributed by atoms with Gasteiger partial charge in [0.15, 0.2) is 0 Å². The van der Waals surface area contributed by atoms with Crippen LogP contribution in [-0.2, 0) is 17.8 Å². The van der Waals surface area contributed by atoms with Crippen LogP contribution in [0.15, 0.2) is 42.5 Å². The van der Waals surface area contributed by atoms with Crippen molar-refractivity contribution in [3.8, 4) is 5.75 Å². The standard InChI is InChI=1S/C26H30ClN3O4/c1-6-34-25(31)24-16(2)21(18(4)28-24)15-30(14-19-10-12-20(33-5)13-11-19)26(32)29-23-9-7-8-22(27)17(23)3/h7-13,28H,6,14-15H2,1-5H3,(H,29,32). The summed E-state index contributed by atoms with van der Waals surface area (Å²) in [4.78, 5) is 30.6. The molecule has 3 rings (SSSR count). The second-order valence-corrected chi connectivity index (χ2v) is 8.40. The van der Waals surface area contributed by atoms with Gasteiger partial charge in [0, 0.05) is 29.5 Å². The molecule has 0 saturated carbocycles. The van der Waals surface area contributed by atoms with E-state index in [0.29, 0.717) is 29.5 Å². The number of H-pyrrole nitrogens is 1. The molecule has 0 bridgehead atoms. The van der Waals surface area contributed by atoms with Gasteiger partial charge in [0.2, 0.25) is 0 Å². The summed E-state index contributed by atoms with van der Waals surface area (Å²) in [7, 11) is 1.61. The molecule has 2 N–H and O–H groups in total. The number of hydrogen-bond donors (Lipinski definition) is 2. The molecule has 1 heterocycles. The van der Waals surface area contributed by atoms with Gasteiger partial charge in [0.05, 0.1) is 13.7 Å². The van der Waals surface area contributed by atoms with Gasteiger partial charge < -0.3 is 24.7 Å². The Morgan fingerprint density at radius 2 is 1.74 bits per heavy atom. The molecular formula is C26H30ClN3O4. The Bertz CT molecular complexity index is 1170. The molecule has 0 fully saturated rings. The minimum Gasteiger partial charge on any atom is -0.497 e. The van der Waals surface area contributed by atoms with E-state index in [4.69, 9.17) is 21.1 Å². The molecule has 0 aliphatic heterocycles. The third kappa shape index (κ3) is 5.72. The number of aryl methyl sites for hydroxylation is 1. The molecule has 0 atom stereocenters. The minimum absolute atomic E-state index is 0.279. The first-order chi connectivity index (χ1) is 16.2. The number of anilines is 1. The van der Waals surface area contributed by atoms with Crippen molar-refractivity contribution in [1.82, 2.24) is 9.88 Å². The van der Waals surface area contributed by atoms with E-state index in [2.05, 4.69) is 10.3 Å². The molecule has 34 heavy (non-hydrogen) atoms. The molecular weight excluding hydrogens is 454 g/mol. The van der Waals surface area contributed by atoms with Crippen molar-refractivity contribution in [3.05, 3.63) is 81.1 Å². The zero-order valence-corrected chi connectivity index (χ0v) is 20.9. The number of hydrogen-bond acceptors (Lipinski definition) is 4. The zero-order chi connectivity index (χ0) is 24.8. The molecule has 0 aliphatic rings. The Morgan fingerprint density at radius 1 is 1.03 bits per heavy atom. The maximum Gasteiger partial charge on any atom is 0.355 e. The summed E-state index contributed by atoms with van der Waals surface area (Å²) >= 11 is 6.24. The minimum atomic E-state index is -0.407. The number of carbonyl (C=O) groups excluding carboxylic acids is 2. The lowest BCUT2D eigenvalue weighted by Crippen LogP contribution is -2.34. The highest BCUT2D eigenvalue weighted by Crippen LogP contribution is 2.26. The first-order valence-corrected chi connectivity index (χ1v) is 11.4. The molecule has 3 aromatic rings. The van der Waals surface area contributed by atoms with Crippen molar-refractivity contribution in [2.45, 2.75) is 40.8 Å². The summed E-state index contributed by atoms with van der Waals surface area (Å²) in [6, 6.07) is 12.7. The lowest BCUT2D eigenvalue weighted by molar-refractivity contribution is 0.0519. The summed E-state index contributed by atoms with van der Waals surface area (Å²) in [5, 5.41) is 3.56. The van der Waals surface area contributed by atoms with Crippen LogP contribution in [-0.4, -0.2) is 35.6 Å². The van der Waals surface area contributed by atoms with E-state index < -0.39 is 5.97 Å². The van der Waals surface area contributed by atoms with Gasteiger partial charge in [0.25, 0.3) is 0 Å². The Morgan fingerprint density at radius 3 is 2.38 bits per heavy atom. The van der Waals surface area contributed by atoms with Crippen LogP contribution in [0, 0.1) is 20.8 Å². The maximum absolute atomic E-state index is 13.4. The van der Waals surface area contributed by atoms with Crippen LogP contribution in [0.25, 0.3) is 0 Å². The van der Waals surface area contributed by atoms with Gasteiger partial charge in [-0.25, -0.2) is 9.59 Å². The summed E-state index contributed by atoms with van der Waals surface area (Å²) in [5.41, 5.74) is 5.23. The van der Waals surface area contributed by atoms with E-state index in [9.17, 15) is 9.59 Å². The predicted molar refractivity (Wildman–Crippen MR) is 134 cm³/mol. The number of rotatable bonds is 8. The zero-order valence-electron chi connectivity index (χ0n) is 20.1. The fourth-order valence-corrected chi connectivity index (χ4v) is 3.89. The van der Waals surface area contributed by atoms with Crippen molar-refractivity contribution in [2.24, 2.45) is 0 Å². The molecule has 0 saturated heterocycles. The fourth-order valence-electron chi connectivity index (χ4n) is 3.71. The monoisotopic (exact) mass is 483 g/mol. The number of nitrogens with zero attached hydrogens (tertiary/aromatic N) is 1. The van der Waals surface area contributed by atoms with Crippen LogP contribution in [0.4, 0.5) is 10.5 Å². The first-order valence-electron chi connectivity index (χ1n) is 11.0. The van der Waals surface area contributed by atoms with Gasteiger partial charge in [-0.3, -0.25) is 0 Å². The number of nitrogens with one attached hydrogen (secondary N) is 2. The van der Waals surface area contributed by atoms with E-state index in [1.54, 1.807) is 31.1 Å². The van der Waals surface area contributed by atoms with E-state index in [0.717, 1.165) is 33.7 Å². The molecule has 0 aliphatic carbocycles. The Hall–Kier alpha value is -3.45. The molecule has 8 heteroatoms. The van der Waals surface area contributed by atoms with Crippen molar-refractivity contribution >= 4 is 29.3 Å². The number of urea groups is 1. The topological polar surface area (TPSA) is 83.7 Å². The number of amides is 2. The number of carbonyl (C=O) groups is 2. The fraction of sp³-hybridized carbons (Fsp3) is 0.308. The van der Waals surface area contributed by atoms with Gasteiger partial charge in [-0.2, -0.15) is 0 Å². The van der Waals surface area contributed by atoms with Crippen molar-refractivity contribution < 1.29 is 19.1 Å². The number of methoxy groups -OCH3 is 1. The molecule has 2 aromatic carbocycles. The van der Waals surface area contributed by atoms with Gasteiger partial charge in [-0.05, 0) is 74.2 Å². The molecule has 0 spiro atoms. The Labute approximate surface area is 205 Å². The van der Waals surface area contributed by atoms with E-state index in [-0.39, 0.29) is 12.6 Å². The highest BCUT2D eigenvalue weighted by Gasteiger charge is 2.23. The SMILES string of the molecule is CCOC(=O)c1[nH]c(C)c(CN(Cc2ccc(OC)cc2)C(=O)Nc2cccc(Cl)c2C)c1C. The smallest absolute Gasteiger partial charge is 0.355 e. The Balaban J connectivity index is 1.92. The number of benzene rings is 2. The van der Waals surface area contributed by atoms with E-state index in [1.807, 2.05) is 51.1 Å². The number of halogens is 1. The number of ether oxygens (including phenoxy) is 2. The number of aromatic nitrogens is 1.